The molecule has 0 saturated heterocycles. The summed E-state index contributed by atoms with van der Waals surface area (Å²) in [6.07, 6.45) is 3.45. The number of methoxy groups -OCH3 is 1. The van der Waals surface area contributed by atoms with Crippen LogP contribution in [0.3, 0.4) is 0 Å². The summed E-state index contributed by atoms with van der Waals surface area (Å²) in [7, 11) is 1.64. The molecule has 0 fully saturated rings. The molecule has 4 nitrogen and oxygen atoms in total. The fraction of sp³-hybridized carbons (Fsp3) is 0.476. The first kappa shape index (κ1) is 19.3. The lowest BCUT2D eigenvalue weighted by Gasteiger charge is -2.33. The van der Waals surface area contributed by atoms with Crippen LogP contribution in [0.25, 0.3) is 0 Å². The van der Waals surface area contributed by atoms with Gasteiger partial charge in [-0.15, -0.1) is 0 Å². The van der Waals surface area contributed by atoms with Crippen molar-refractivity contribution in [3.8, 4) is 11.5 Å². The molecule has 1 aromatic heterocycles. The van der Waals surface area contributed by atoms with Gasteiger partial charge in [0.15, 0.2) is 0 Å². The van der Waals surface area contributed by atoms with Crippen LogP contribution in [0.5, 0.6) is 11.5 Å². The number of nitrogens with zero attached hydrogens (tertiary/aromatic N) is 1. The zero-order chi connectivity index (χ0) is 19.0. The second-order valence-electron chi connectivity index (χ2n) is 8.55. The molecule has 0 saturated carbocycles. The molecule has 0 bridgehead atoms. The quantitative estimate of drug-likeness (QED) is 0.865. The molecular formula is C21H30N2O2. The van der Waals surface area contributed by atoms with Gasteiger partial charge in [0.25, 0.3) is 0 Å². The fourth-order valence-corrected chi connectivity index (χ4v) is 3.18. The third-order valence-electron chi connectivity index (χ3n) is 4.46. The highest BCUT2D eigenvalue weighted by Gasteiger charge is 2.31. The molecule has 0 amide bonds. The van der Waals surface area contributed by atoms with Crippen LogP contribution in [0.1, 0.15) is 69.8 Å². The Morgan fingerprint density at radius 3 is 2.00 bits per heavy atom. The highest BCUT2D eigenvalue weighted by molar-refractivity contribution is 5.53. The molecule has 0 aliphatic carbocycles. The van der Waals surface area contributed by atoms with E-state index in [1.165, 1.54) is 0 Å². The number of phenolic OH excluding ortho intramolecular Hbond substituents is 1. The van der Waals surface area contributed by atoms with Gasteiger partial charge in [-0.1, -0.05) is 41.5 Å². The minimum Gasteiger partial charge on any atom is -0.508 e. The fourth-order valence-electron chi connectivity index (χ4n) is 3.18. The van der Waals surface area contributed by atoms with Crippen molar-refractivity contribution in [2.45, 2.75) is 58.4 Å². The Balaban J connectivity index is 2.82. The van der Waals surface area contributed by atoms with Gasteiger partial charge in [0.2, 0.25) is 0 Å². The van der Waals surface area contributed by atoms with Crippen molar-refractivity contribution < 1.29 is 9.84 Å². The highest BCUT2D eigenvalue weighted by Crippen LogP contribution is 2.42. The van der Waals surface area contributed by atoms with Crippen LogP contribution in [-0.2, 0) is 10.8 Å². The molecular weight excluding hydrogens is 312 g/mol. The lowest BCUT2D eigenvalue weighted by molar-refractivity contribution is 0.406. The molecule has 1 atom stereocenters. The van der Waals surface area contributed by atoms with E-state index in [0.717, 1.165) is 28.0 Å². The summed E-state index contributed by atoms with van der Waals surface area (Å²) in [6.45, 7) is 12.8. The molecule has 136 valence electrons. The number of phenols is 1. The smallest absolute Gasteiger partial charge is 0.127 e. The van der Waals surface area contributed by atoms with Crippen molar-refractivity contribution in [3.63, 3.8) is 0 Å². The molecule has 0 aliphatic heterocycles. The number of benzene rings is 1. The average Bonchev–Trinajstić information content (AvgIpc) is 2.51. The molecule has 0 radical (unpaired) electrons. The first-order valence-corrected chi connectivity index (χ1v) is 8.58. The van der Waals surface area contributed by atoms with E-state index in [9.17, 15) is 5.11 Å². The first-order valence-electron chi connectivity index (χ1n) is 8.58. The molecule has 1 heterocycles. The van der Waals surface area contributed by atoms with Crippen molar-refractivity contribution >= 4 is 0 Å². The first-order chi connectivity index (χ1) is 11.5. The molecule has 3 N–H and O–H groups in total. The van der Waals surface area contributed by atoms with Crippen molar-refractivity contribution in [1.29, 1.82) is 0 Å². The van der Waals surface area contributed by atoms with Crippen molar-refractivity contribution in [2.24, 2.45) is 5.73 Å². The van der Waals surface area contributed by atoms with Crippen LogP contribution < -0.4 is 10.5 Å². The normalized spacial score (nSPS) is 13.6. The molecule has 25 heavy (non-hydrogen) atoms. The zero-order valence-corrected chi connectivity index (χ0v) is 16.3. The minimum atomic E-state index is -0.396. The van der Waals surface area contributed by atoms with Crippen LogP contribution >= 0.6 is 0 Å². The SMILES string of the molecule is COc1ccncc1C(N)c1c(C(C)(C)C)cc(O)cc1C(C)(C)C. The van der Waals surface area contributed by atoms with Gasteiger partial charge in [0, 0.05) is 18.0 Å². The van der Waals surface area contributed by atoms with Gasteiger partial charge in [0.1, 0.15) is 11.5 Å². The van der Waals surface area contributed by atoms with E-state index in [0.29, 0.717) is 0 Å². The predicted octanol–water partition coefficient (Wildman–Crippen LogP) is 4.44. The van der Waals surface area contributed by atoms with E-state index < -0.39 is 6.04 Å². The molecule has 0 spiro atoms. The second kappa shape index (κ2) is 6.68. The van der Waals surface area contributed by atoms with Crippen molar-refractivity contribution in [1.82, 2.24) is 4.98 Å². The van der Waals surface area contributed by atoms with Crippen LogP contribution in [-0.4, -0.2) is 17.2 Å². The summed E-state index contributed by atoms with van der Waals surface area (Å²) in [6, 6.07) is 5.08. The maximum atomic E-state index is 10.3. The molecule has 4 heteroatoms. The van der Waals surface area contributed by atoms with Gasteiger partial charge >= 0.3 is 0 Å². The standard InChI is InChI=1S/C21H30N2O2/c1-20(2,3)15-10-13(24)11-16(21(4,5)6)18(15)19(22)14-12-23-9-8-17(14)25-7/h8-12,19,24H,22H2,1-7H3. The van der Waals surface area contributed by atoms with Gasteiger partial charge < -0.3 is 15.6 Å². The summed E-state index contributed by atoms with van der Waals surface area (Å²) < 4.78 is 5.49. The summed E-state index contributed by atoms with van der Waals surface area (Å²) in [4.78, 5) is 4.23. The Hall–Kier alpha value is -2.07. The average molecular weight is 342 g/mol. The van der Waals surface area contributed by atoms with E-state index in [1.54, 1.807) is 19.5 Å². The van der Waals surface area contributed by atoms with E-state index in [-0.39, 0.29) is 16.6 Å². The van der Waals surface area contributed by atoms with Crippen molar-refractivity contribution in [3.05, 3.63) is 52.8 Å². The number of hydrogen-bond acceptors (Lipinski definition) is 4. The van der Waals surface area contributed by atoms with Gasteiger partial charge in [0.05, 0.1) is 13.2 Å². The zero-order valence-electron chi connectivity index (χ0n) is 16.3. The third kappa shape index (κ3) is 3.96. The van der Waals surface area contributed by atoms with E-state index in [1.807, 2.05) is 18.2 Å². The highest BCUT2D eigenvalue weighted by atomic mass is 16.5. The number of aromatic hydroxyl groups is 1. The number of rotatable bonds is 3. The topological polar surface area (TPSA) is 68.4 Å². The van der Waals surface area contributed by atoms with Crippen LogP contribution in [0, 0.1) is 0 Å². The summed E-state index contributed by atoms with van der Waals surface area (Å²) in [5, 5.41) is 10.3. The van der Waals surface area contributed by atoms with Crippen molar-refractivity contribution in [2.75, 3.05) is 7.11 Å². The second-order valence-corrected chi connectivity index (χ2v) is 8.55. The molecule has 2 aromatic rings. The number of aromatic nitrogens is 1. The summed E-state index contributed by atoms with van der Waals surface area (Å²) in [5.41, 5.74) is 10.4. The molecule has 1 unspecified atom stereocenters. The van der Waals surface area contributed by atoms with Crippen LogP contribution in [0.2, 0.25) is 0 Å². The lowest BCUT2D eigenvalue weighted by atomic mass is 9.73. The van der Waals surface area contributed by atoms with Gasteiger partial charge in [-0.05, 0) is 45.7 Å². The van der Waals surface area contributed by atoms with E-state index in [4.69, 9.17) is 10.5 Å². The molecule has 1 aromatic carbocycles. The number of pyridine rings is 1. The largest absolute Gasteiger partial charge is 0.508 e. The summed E-state index contributed by atoms with van der Waals surface area (Å²) >= 11 is 0. The molecule has 0 aliphatic rings. The lowest BCUT2D eigenvalue weighted by Crippen LogP contribution is -2.26. The Morgan fingerprint density at radius 2 is 1.56 bits per heavy atom. The van der Waals surface area contributed by atoms with E-state index >= 15 is 0 Å². The van der Waals surface area contributed by atoms with Gasteiger partial charge in [-0.3, -0.25) is 4.98 Å². The summed E-state index contributed by atoms with van der Waals surface area (Å²) in [5.74, 6) is 0.985. The predicted molar refractivity (Wildman–Crippen MR) is 102 cm³/mol. The Bertz CT molecular complexity index is 720. The Kier molecular flexibility index (Phi) is 5.14. The maximum Gasteiger partial charge on any atom is 0.127 e. The van der Waals surface area contributed by atoms with Gasteiger partial charge in [-0.25, -0.2) is 0 Å². The maximum absolute atomic E-state index is 10.3. The third-order valence-corrected chi connectivity index (χ3v) is 4.46. The number of nitrogens with two attached hydrogens (primary N) is 1. The monoisotopic (exact) mass is 342 g/mol. The minimum absolute atomic E-state index is 0.166. The van der Waals surface area contributed by atoms with E-state index in [2.05, 4.69) is 46.5 Å². The number of hydrogen-bond donors (Lipinski definition) is 2. The van der Waals surface area contributed by atoms with Crippen LogP contribution in [0.4, 0.5) is 0 Å². The molecule has 2 rings (SSSR count). The number of ether oxygens (including phenoxy) is 1. The Labute approximate surface area is 151 Å². The Morgan fingerprint density at radius 1 is 1.04 bits per heavy atom. The van der Waals surface area contributed by atoms with Crippen LogP contribution in [0.15, 0.2) is 30.6 Å². The van der Waals surface area contributed by atoms with Gasteiger partial charge in [-0.2, -0.15) is 0 Å².